The summed E-state index contributed by atoms with van der Waals surface area (Å²) in [6.07, 6.45) is -1.25. The van der Waals surface area contributed by atoms with Gasteiger partial charge < -0.3 is 15.8 Å². The lowest BCUT2D eigenvalue weighted by Crippen LogP contribution is -2.30. The second-order valence-corrected chi connectivity index (χ2v) is 5.63. The van der Waals surface area contributed by atoms with Crippen LogP contribution in [0.3, 0.4) is 0 Å². The first-order valence-electron chi connectivity index (χ1n) is 7.25. The van der Waals surface area contributed by atoms with Crippen LogP contribution in [0.1, 0.15) is 27.6 Å². The molecule has 6 nitrogen and oxygen atoms in total. The first kappa shape index (κ1) is 19.3. The maximum Gasteiger partial charge on any atom is 0.340 e. The summed E-state index contributed by atoms with van der Waals surface area (Å²) < 4.78 is 31.2. The third kappa shape index (κ3) is 4.54. The van der Waals surface area contributed by atoms with E-state index in [0.29, 0.717) is 17.8 Å². The molecule has 0 heterocycles. The molecule has 3 N–H and O–H groups in total. The van der Waals surface area contributed by atoms with Gasteiger partial charge in [0.2, 0.25) is 5.91 Å². The number of carbonyl (C=O) groups is 3. The molecule has 0 saturated heterocycles. The van der Waals surface area contributed by atoms with Crippen LogP contribution < -0.4 is 11.1 Å². The van der Waals surface area contributed by atoms with Crippen LogP contribution in [0, 0.1) is 11.6 Å². The Morgan fingerprint density at radius 3 is 2.27 bits per heavy atom. The van der Waals surface area contributed by atoms with Crippen molar-refractivity contribution in [1.82, 2.24) is 0 Å². The lowest BCUT2D eigenvalue weighted by Gasteiger charge is -2.14. The van der Waals surface area contributed by atoms with Crippen LogP contribution in [-0.4, -0.2) is 23.9 Å². The molecule has 26 heavy (non-hydrogen) atoms. The van der Waals surface area contributed by atoms with Crippen molar-refractivity contribution in [2.24, 2.45) is 5.73 Å². The van der Waals surface area contributed by atoms with Crippen LogP contribution in [0.2, 0.25) is 5.02 Å². The Morgan fingerprint density at radius 1 is 1.12 bits per heavy atom. The van der Waals surface area contributed by atoms with Crippen LogP contribution in [0.15, 0.2) is 36.4 Å². The number of anilines is 1. The van der Waals surface area contributed by atoms with E-state index in [2.05, 4.69) is 5.32 Å². The molecule has 0 spiro atoms. The van der Waals surface area contributed by atoms with Gasteiger partial charge in [-0.15, -0.1) is 0 Å². The van der Waals surface area contributed by atoms with Crippen molar-refractivity contribution in [2.75, 3.05) is 5.32 Å². The van der Waals surface area contributed by atoms with Crippen LogP contribution >= 0.6 is 11.6 Å². The molecule has 0 aliphatic rings. The van der Waals surface area contributed by atoms with Gasteiger partial charge in [0.25, 0.3) is 5.91 Å². The van der Waals surface area contributed by atoms with Gasteiger partial charge in [0.05, 0.1) is 10.6 Å². The number of rotatable bonds is 5. The number of hydrogen-bond donors (Lipinski definition) is 2. The fraction of sp³-hybridized carbons (Fsp3) is 0.118. The van der Waals surface area contributed by atoms with E-state index < -0.39 is 41.1 Å². The van der Waals surface area contributed by atoms with Gasteiger partial charge in [0.15, 0.2) is 17.7 Å². The monoisotopic (exact) mass is 382 g/mol. The summed E-state index contributed by atoms with van der Waals surface area (Å²) >= 11 is 5.68. The summed E-state index contributed by atoms with van der Waals surface area (Å²) in [7, 11) is 0. The molecule has 0 fully saturated rings. The quantitative estimate of drug-likeness (QED) is 0.613. The predicted octanol–water partition coefficient (Wildman–Crippen LogP) is 2.90. The van der Waals surface area contributed by atoms with E-state index in [1.54, 1.807) is 0 Å². The van der Waals surface area contributed by atoms with Crippen molar-refractivity contribution >= 4 is 35.1 Å². The van der Waals surface area contributed by atoms with Crippen molar-refractivity contribution in [3.8, 4) is 0 Å². The van der Waals surface area contributed by atoms with Crippen LogP contribution in [-0.2, 0) is 9.53 Å². The van der Waals surface area contributed by atoms with E-state index in [4.69, 9.17) is 22.1 Å². The Balaban J connectivity index is 2.03. The lowest BCUT2D eigenvalue weighted by molar-refractivity contribution is -0.123. The molecule has 2 rings (SSSR count). The number of nitrogens with one attached hydrogen (secondary N) is 1. The lowest BCUT2D eigenvalue weighted by atomic mass is 10.2. The van der Waals surface area contributed by atoms with Crippen molar-refractivity contribution in [2.45, 2.75) is 13.0 Å². The zero-order chi connectivity index (χ0) is 19.4. The van der Waals surface area contributed by atoms with Gasteiger partial charge in [0.1, 0.15) is 0 Å². The normalized spacial score (nSPS) is 11.5. The topological polar surface area (TPSA) is 98.5 Å². The third-order valence-electron chi connectivity index (χ3n) is 3.32. The third-order valence-corrected chi connectivity index (χ3v) is 3.63. The van der Waals surface area contributed by atoms with Gasteiger partial charge in [-0.2, -0.15) is 0 Å². The van der Waals surface area contributed by atoms with Gasteiger partial charge in [-0.3, -0.25) is 9.59 Å². The molecule has 0 saturated carbocycles. The van der Waals surface area contributed by atoms with E-state index in [0.717, 1.165) is 0 Å². The molecule has 9 heteroatoms. The maximum absolute atomic E-state index is 13.2. The summed E-state index contributed by atoms with van der Waals surface area (Å²) in [5, 5.41) is 2.12. The molecular formula is C17H13ClF2N2O4. The Labute approximate surface area is 151 Å². The second kappa shape index (κ2) is 7.92. The average molecular weight is 383 g/mol. The number of halogens is 3. The summed E-state index contributed by atoms with van der Waals surface area (Å²) in [6, 6.07) is 6.94. The fourth-order valence-electron chi connectivity index (χ4n) is 1.92. The number of carbonyl (C=O) groups excluding carboxylic acids is 3. The van der Waals surface area contributed by atoms with Crippen LogP contribution in [0.5, 0.6) is 0 Å². The first-order valence-corrected chi connectivity index (χ1v) is 7.63. The highest BCUT2D eigenvalue weighted by molar-refractivity contribution is 6.33. The highest BCUT2D eigenvalue weighted by Gasteiger charge is 2.22. The predicted molar refractivity (Wildman–Crippen MR) is 89.8 cm³/mol. The summed E-state index contributed by atoms with van der Waals surface area (Å²) in [5.74, 6) is -4.86. The van der Waals surface area contributed by atoms with Crippen molar-refractivity contribution < 1.29 is 27.9 Å². The molecule has 136 valence electrons. The smallest absolute Gasteiger partial charge is 0.340 e. The molecule has 0 unspecified atom stereocenters. The van der Waals surface area contributed by atoms with Gasteiger partial charge in [-0.1, -0.05) is 11.6 Å². The Kier molecular flexibility index (Phi) is 5.89. The van der Waals surface area contributed by atoms with E-state index in [9.17, 15) is 23.2 Å². The first-order chi connectivity index (χ1) is 12.2. The van der Waals surface area contributed by atoms with E-state index in [-0.39, 0.29) is 10.6 Å². The average Bonchev–Trinajstić information content (AvgIpc) is 2.58. The minimum absolute atomic E-state index is 0.260. The number of primary amides is 1. The molecule has 0 aromatic heterocycles. The SMILES string of the molecule is C[C@@H](OC(=O)c1cc(F)c(F)cc1Cl)C(=O)Nc1ccc(C(N)=O)cc1. The standard InChI is InChI=1S/C17H13ClF2N2O4/c1-8(16(24)22-10-4-2-9(3-5-10)15(21)23)26-17(25)11-6-13(19)14(20)7-12(11)18/h2-8H,1H3,(H2,21,23)(H,22,24)/t8-/m1/s1. The fourth-order valence-corrected chi connectivity index (χ4v) is 2.15. The number of benzene rings is 2. The second-order valence-electron chi connectivity index (χ2n) is 5.22. The molecule has 2 amide bonds. The van der Waals surface area contributed by atoms with Gasteiger partial charge in [-0.05, 0) is 43.3 Å². The van der Waals surface area contributed by atoms with Crippen molar-refractivity contribution in [1.29, 1.82) is 0 Å². The summed E-state index contributed by atoms with van der Waals surface area (Å²) in [5.41, 5.74) is 5.31. The Hall–Kier alpha value is -3.00. The Bertz CT molecular complexity index is 872. The van der Waals surface area contributed by atoms with Gasteiger partial charge >= 0.3 is 5.97 Å². The van der Waals surface area contributed by atoms with E-state index in [1.807, 2.05) is 0 Å². The summed E-state index contributed by atoms with van der Waals surface area (Å²) in [6.45, 7) is 1.29. The van der Waals surface area contributed by atoms with Crippen LogP contribution in [0.25, 0.3) is 0 Å². The molecular weight excluding hydrogens is 370 g/mol. The number of amides is 2. The minimum atomic E-state index is -1.27. The van der Waals surface area contributed by atoms with Crippen molar-refractivity contribution in [3.63, 3.8) is 0 Å². The molecule has 0 bridgehead atoms. The van der Waals surface area contributed by atoms with Gasteiger partial charge in [0, 0.05) is 11.3 Å². The Morgan fingerprint density at radius 2 is 1.69 bits per heavy atom. The minimum Gasteiger partial charge on any atom is -0.449 e. The van der Waals surface area contributed by atoms with Crippen molar-refractivity contribution in [3.05, 3.63) is 64.2 Å². The molecule has 0 aliphatic carbocycles. The zero-order valence-electron chi connectivity index (χ0n) is 13.4. The van der Waals surface area contributed by atoms with E-state index in [1.165, 1.54) is 31.2 Å². The molecule has 0 radical (unpaired) electrons. The van der Waals surface area contributed by atoms with Gasteiger partial charge in [-0.25, -0.2) is 13.6 Å². The largest absolute Gasteiger partial charge is 0.449 e. The maximum atomic E-state index is 13.2. The van der Waals surface area contributed by atoms with Crippen LogP contribution in [0.4, 0.5) is 14.5 Å². The highest BCUT2D eigenvalue weighted by Crippen LogP contribution is 2.21. The summed E-state index contributed by atoms with van der Waals surface area (Å²) in [4.78, 5) is 35.0. The number of ether oxygens (including phenoxy) is 1. The highest BCUT2D eigenvalue weighted by atomic mass is 35.5. The molecule has 2 aromatic rings. The molecule has 2 aromatic carbocycles. The number of hydrogen-bond acceptors (Lipinski definition) is 4. The van der Waals surface area contributed by atoms with E-state index >= 15 is 0 Å². The molecule has 1 atom stereocenters. The zero-order valence-corrected chi connectivity index (χ0v) is 14.1. The number of nitrogens with two attached hydrogens (primary N) is 1. The number of esters is 1. The molecule has 0 aliphatic heterocycles.